The van der Waals surface area contributed by atoms with Crippen LogP contribution in [0, 0.1) is 0 Å². The predicted molar refractivity (Wildman–Crippen MR) is 104 cm³/mol. The average Bonchev–Trinajstić information content (AvgIpc) is 3.17. The smallest absolute Gasteiger partial charge is 0.245 e. The Balaban J connectivity index is 1.52. The zero-order chi connectivity index (χ0) is 19.9. The van der Waals surface area contributed by atoms with Gasteiger partial charge in [0.2, 0.25) is 18.6 Å². The molecule has 0 radical (unpaired) electrons. The molecule has 28 heavy (non-hydrogen) atoms. The molecular formula is C20H19ClN2O5. The van der Waals surface area contributed by atoms with E-state index >= 15 is 0 Å². The molecule has 0 fully saturated rings. The van der Waals surface area contributed by atoms with Crippen molar-refractivity contribution in [2.75, 3.05) is 13.4 Å². The molecule has 2 aromatic carbocycles. The van der Waals surface area contributed by atoms with Gasteiger partial charge in [0.1, 0.15) is 6.04 Å². The van der Waals surface area contributed by atoms with E-state index in [0.29, 0.717) is 16.5 Å². The number of halogens is 1. The summed E-state index contributed by atoms with van der Waals surface area (Å²) in [5.74, 6) is 0.275. The van der Waals surface area contributed by atoms with E-state index in [9.17, 15) is 14.7 Å². The number of hydrogen-bond donors (Lipinski definition) is 3. The maximum Gasteiger partial charge on any atom is 0.245 e. The molecule has 146 valence electrons. The van der Waals surface area contributed by atoms with Crippen LogP contribution in [0.25, 0.3) is 6.08 Å². The van der Waals surface area contributed by atoms with Gasteiger partial charge in [0.05, 0.1) is 6.61 Å². The highest BCUT2D eigenvalue weighted by atomic mass is 35.5. The molecule has 1 atom stereocenters. The van der Waals surface area contributed by atoms with Gasteiger partial charge in [-0.1, -0.05) is 29.8 Å². The van der Waals surface area contributed by atoms with Crippen LogP contribution >= 0.6 is 11.6 Å². The number of nitrogens with one attached hydrogen (secondary N) is 2. The standard InChI is InChI=1S/C20H19ClN2O5/c21-15-5-1-14(2-6-15)10-22-20(26)16(11-24)23-19(25)8-4-13-3-7-17-18(9-13)28-12-27-17/h1-9,16,24H,10-12H2,(H,22,26)(H,23,25). The number of fused-ring (bicyclic) bond motifs is 1. The van der Waals surface area contributed by atoms with Gasteiger partial charge in [-0.3, -0.25) is 9.59 Å². The van der Waals surface area contributed by atoms with Crippen LogP contribution < -0.4 is 20.1 Å². The average molecular weight is 403 g/mol. The van der Waals surface area contributed by atoms with Crippen molar-refractivity contribution in [3.05, 3.63) is 64.7 Å². The SMILES string of the molecule is O=C(C=Cc1ccc2c(c1)OCO2)NC(CO)C(=O)NCc1ccc(Cl)cc1. The van der Waals surface area contributed by atoms with Crippen molar-refractivity contribution in [1.82, 2.24) is 10.6 Å². The minimum Gasteiger partial charge on any atom is -0.454 e. The van der Waals surface area contributed by atoms with Crippen LogP contribution in [0.1, 0.15) is 11.1 Å². The van der Waals surface area contributed by atoms with Crippen molar-refractivity contribution in [3.8, 4) is 11.5 Å². The summed E-state index contributed by atoms with van der Waals surface area (Å²) in [7, 11) is 0. The van der Waals surface area contributed by atoms with E-state index in [2.05, 4.69) is 10.6 Å². The minimum absolute atomic E-state index is 0.173. The van der Waals surface area contributed by atoms with Crippen molar-refractivity contribution in [3.63, 3.8) is 0 Å². The molecule has 1 unspecified atom stereocenters. The number of rotatable bonds is 7. The van der Waals surface area contributed by atoms with Crippen molar-refractivity contribution in [2.45, 2.75) is 12.6 Å². The first-order chi connectivity index (χ1) is 13.5. The summed E-state index contributed by atoms with van der Waals surface area (Å²) in [6.07, 6.45) is 2.87. The highest BCUT2D eigenvalue weighted by molar-refractivity contribution is 6.30. The van der Waals surface area contributed by atoms with E-state index in [-0.39, 0.29) is 13.3 Å². The number of aliphatic hydroxyl groups excluding tert-OH is 1. The van der Waals surface area contributed by atoms with Gasteiger partial charge in [0.25, 0.3) is 0 Å². The topological polar surface area (TPSA) is 96.9 Å². The molecule has 0 saturated heterocycles. The van der Waals surface area contributed by atoms with Crippen molar-refractivity contribution in [1.29, 1.82) is 0 Å². The molecule has 1 heterocycles. The maximum atomic E-state index is 12.2. The molecule has 3 rings (SSSR count). The van der Waals surface area contributed by atoms with Crippen LogP contribution in [0.2, 0.25) is 5.02 Å². The molecule has 2 aromatic rings. The monoisotopic (exact) mass is 402 g/mol. The van der Waals surface area contributed by atoms with Gasteiger partial charge in [0, 0.05) is 17.6 Å². The summed E-state index contributed by atoms with van der Waals surface area (Å²) in [5, 5.41) is 15.2. The highest BCUT2D eigenvalue weighted by Crippen LogP contribution is 2.32. The van der Waals surface area contributed by atoms with E-state index in [1.807, 2.05) is 0 Å². The van der Waals surface area contributed by atoms with Crippen molar-refractivity contribution in [2.24, 2.45) is 0 Å². The molecule has 0 spiro atoms. The van der Waals surface area contributed by atoms with E-state index in [1.165, 1.54) is 6.08 Å². The Morgan fingerprint density at radius 1 is 1.14 bits per heavy atom. The Morgan fingerprint density at radius 2 is 1.89 bits per heavy atom. The zero-order valence-electron chi connectivity index (χ0n) is 14.9. The van der Waals surface area contributed by atoms with Gasteiger partial charge in [-0.05, 0) is 41.5 Å². The van der Waals surface area contributed by atoms with Crippen LogP contribution in [0.15, 0.2) is 48.5 Å². The third-order valence-corrected chi connectivity index (χ3v) is 4.27. The van der Waals surface area contributed by atoms with E-state index in [0.717, 1.165) is 11.1 Å². The number of amides is 2. The largest absolute Gasteiger partial charge is 0.454 e. The Hall–Kier alpha value is -3.03. The van der Waals surface area contributed by atoms with Gasteiger partial charge in [-0.15, -0.1) is 0 Å². The molecule has 1 aliphatic rings. The molecule has 2 amide bonds. The fraction of sp³-hybridized carbons (Fsp3) is 0.200. The second kappa shape index (κ2) is 9.25. The first-order valence-electron chi connectivity index (χ1n) is 8.56. The summed E-state index contributed by atoms with van der Waals surface area (Å²) in [6.45, 7) is -0.0856. The van der Waals surface area contributed by atoms with Crippen LogP contribution in [0.4, 0.5) is 0 Å². The van der Waals surface area contributed by atoms with Crippen LogP contribution in [-0.4, -0.2) is 36.4 Å². The van der Waals surface area contributed by atoms with E-state index in [1.54, 1.807) is 48.5 Å². The molecule has 8 heteroatoms. The van der Waals surface area contributed by atoms with Gasteiger partial charge >= 0.3 is 0 Å². The van der Waals surface area contributed by atoms with Crippen LogP contribution in [0.5, 0.6) is 11.5 Å². The first-order valence-corrected chi connectivity index (χ1v) is 8.94. The predicted octanol–water partition coefficient (Wildman–Crippen LogP) is 1.88. The number of ether oxygens (including phenoxy) is 2. The number of aliphatic hydroxyl groups is 1. The summed E-state index contributed by atoms with van der Waals surface area (Å²) < 4.78 is 10.5. The van der Waals surface area contributed by atoms with E-state index < -0.39 is 24.5 Å². The molecular weight excluding hydrogens is 384 g/mol. The van der Waals surface area contributed by atoms with Gasteiger partial charge < -0.3 is 25.2 Å². The zero-order valence-corrected chi connectivity index (χ0v) is 15.6. The summed E-state index contributed by atoms with van der Waals surface area (Å²) in [4.78, 5) is 24.3. The van der Waals surface area contributed by atoms with Gasteiger partial charge in [-0.2, -0.15) is 0 Å². The number of carbonyl (C=O) groups excluding carboxylic acids is 2. The molecule has 0 saturated carbocycles. The maximum absolute atomic E-state index is 12.2. The molecule has 0 aromatic heterocycles. The second-order valence-corrected chi connectivity index (χ2v) is 6.47. The molecule has 0 bridgehead atoms. The Morgan fingerprint density at radius 3 is 2.64 bits per heavy atom. The fourth-order valence-electron chi connectivity index (χ4n) is 2.52. The highest BCUT2D eigenvalue weighted by Gasteiger charge is 2.18. The minimum atomic E-state index is -1.05. The Kier molecular flexibility index (Phi) is 6.52. The third kappa shape index (κ3) is 5.25. The lowest BCUT2D eigenvalue weighted by atomic mass is 10.2. The Bertz CT molecular complexity index is 883. The molecule has 0 aliphatic carbocycles. The summed E-state index contributed by atoms with van der Waals surface area (Å²) in [6, 6.07) is 11.2. The quantitative estimate of drug-likeness (QED) is 0.614. The van der Waals surface area contributed by atoms with Gasteiger partial charge in [0.15, 0.2) is 11.5 Å². The lowest BCUT2D eigenvalue weighted by Crippen LogP contribution is -2.48. The van der Waals surface area contributed by atoms with Crippen molar-refractivity contribution >= 4 is 29.5 Å². The first kappa shape index (κ1) is 19.7. The van der Waals surface area contributed by atoms with Crippen molar-refractivity contribution < 1.29 is 24.2 Å². The van der Waals surface area contributed by atoms with Gasteiger partial charge in [-0.25, -0.2) is 0 Å². The lowest BCUT2D eigenvalue weighted by Gasteiger charge is -2.15. The number of carbonyl (C=O) groups is 2. The fourth-order valence-corrected chi connectivity index (χ4v) is 2.64. The van der Waals surface area contributed by atoms with Crippen LogP contribution in [0.3, 0.4) is 0 Å². The molecule has 3 N–H and O–H groups in total. The second-order valence-electron chi connectivity index (χ2n) is 6.03. The third-order valence-electron chi connectivity index (χ3n) is 4.02. The normalized spacial score (nSPS) is 13.4. The number of benzene rings is 2. The summed E-state index contributed by atoms with van der Waals surface area (Å²) >= 11 is 5.82. The van der Waals surface area contributed by atoms with Crippen LogP contribution in [-0.2, 0) is 16.1 Å². The Labute approximate surface area is 166 Å². The number of hydrogen-bond acceptors (Lipinski definition) is 5. The van der Waals surface area contributed by atoms with E-state index in [4.69, 9.17) is 21.1 Å². The molecule has 1 aliphatic heterocycles. The summed E-state index contributed by atoms with van der Waals surface area (Å²) in [5.41, 5.74) is 1.59. The lowest BCUT2D eigenvalue weighted by molar-refractivity contribution is -0.128. The molecule has 7 nitrogen and oxygen atoms in total.